The van der Waals surface area contributed by atoms with Gasteiger partial charge in [-0.05, 0) is 70.8 Å². The standard InChI is InChI=1S/C34H31BrN2O5/c35-27-17-28(39)31-26(32(27)40)16-25-23(29(31)20-7-4-8-22(38)15-20)9-10-24-30(25)34(42)37(33(24)41)21-11-13-36(14-12-21)18-19-5-2-1-3-6-19/h1-9,15,17,21,24-25,29-30,38H,10-14,16,18H2. The average molecular weight is 628 g/mol. The van der Waals surface area contributed by atoms with Crippen molar-refractivity contribution < 1.29 is 24.3 Å². The van der Waals surface area contributed by atoms with Crippen LogP contribution >= 0.6 is 15.9 Å². The van der Waals surface area contributed by atoms with E-state index in [1.807, 2.05) is 30.3 Å². The summed E-state index contributed by atoms with van der Waals surface area (Å²) in [5.41, 5.74) is 3.66. The van der Waals surface area contributed by atoms with Gasteiger partial charge in [-0.3, -0.25) is 29.0 Å². The molecular weight excluding hydrogens is 596 g/mol. The zero-order chi connectivity index (χ0) is 29.1. The molecule has 4 unspecified atom stereocenters. The van der Waals surface area contributed by atoms with Gasteiger partial charge in [-0.1, -0.05) is 54.1 Å². The number of likely N-dealkylation sites (tertiary alicyclic amines) is 2. The van der Waals surface area contributed by atoms with Crippen LogP contribution in [0.5, 0.6) is 5.75 Å². The van der Waals surface area contributed by atoms with Gasteiger partial charge in [0.25, 0.3) is 0 Å². The highest BCUT2D eigenvalue weighted by Crippen LogP contribution is 2.55. The van der Waals surface area contributed by atoms with Crippen molar-refractivity contribution in [3.8, 4) is 5.75 Å². The SMILES string of the molecule is O=C1C=C(Br)C(=O)C2=C1C(c1cccc(O)c1)C1=CCC3C(=O)N(C4CCN(Cc5ccccc5)CC4)C(=O)C3C1C2. The van der Waals surface area contributed by atoms with Gasteiger partial charge in [0, 0.05) is 48.8 Å². The van der Waals surface area contributed by atoms with E-state index in [9.17, 15) is 24.3 Å². The van der Waals surface area contributed by atoms with Gasteiger partial charge in [0.1, 0.15) is 5.75 Å². The van der Waals surface area contributed by atoms with E-state index in [0.717, 1.165) is 38.0 Å². The molecule has 7 nitrogen and oxygen atoms in total. The number of nitrogens with zero attached hydrogens (tertiary/aromatic N) is 2. The Morgan fingerprint density at radius 3 is 2.40 bits per heavy atom. The van der Waals surface area contributed by atoms with E-state index in [2.05, 4.69) is 33.0 Å². The number of amides is 2. The van der Waals surface area contributed by atoms with Crippen LogP contribution in [0.3, 0.4) is 0 Å². The van der Waals surface area contributed by atoms with Gasteiger partial charge in [0.2, 0.25) is 11.8 Å². The quantitative estimate of drug-likeness (QED) is 0.297. The number of imide groups is 1. The van der Waals surface area contributed by atoms with E-state index in [-0.39, 0.29) is 52.0 Å². The Labute approximate surface area is 252 Å². The van der Waals surface area contributed by atoms with Crippen molar-refractivity contribution in [2.75, 3.05) is 13.1 Å². The number of allylic oxidation sites excluding steroid dienone is 6. The first-order valence-electron chi connectivity index (χ1n) is 14.6. The lowest BCUT2D eigenvalue weighted by atomic mass is 9.59. The molecule has 0 aromatic heterocycles. The van der Waals surface area contributed by atoms with Crippen molar-refractivity contribution in [2.45, 2.75) is 44.2 Å². The minimum absolute atomic E-state index is 0.0641. The minimum atomic E-state index is -0.568. The second-order valence-corrected chi connectivity index (χ2v) is 12.9. The maximum absolute atomic E-state index is 14.2. The monoisotopic (exact) mass is 626 g/mol. The number of halogens is 1. The zero-order valence-corrected chi connectivity index (χ0v) is 24.6. The van der Waals surface area contributed by atoms with Crippen LogP contribution in [0.4, 0.5) is 0 Å². The molecule has 4 atom stereocenters. The molecule has 0 bridgehead atoms. The van der Waals surface area contributed by atoms with E-state index in [1.165, 1.54) is 11.6 Å². The lowest BCUT2D eigenvalue weighted by molar-refractivity contribution is -0.144. The Morgan fingerprint density at radius 1 is 0.905 bits per heavy atom. The van der Waals surface area contributed by atoms with E-state index >= 15 is 0 Å². The Balaban J connectivity index is 1.18. The van der Waals surface area contributed by atoms with Crippen LogP contribution in [0.2, 0.25) is 0 Å². The van der Waals surface area contributed by atoms with Crippen LogP contribution in [0.25, 0.3) is 0 Å². The van der Waals surface area contributed by atoms with E-state index < -0.39 is 17.8 Å². The van der Waals surface area contributed by atoms with Crippen molar-refractivity contribution in [2.24, 2.45) is 17.8 Å². The number of benzene rings is 2. The molecular formula is C34H31BrN2O5. The summed E-state index contributed by atoms with van der Waals surface area (Å²) >= 11 is 3.27. The molecule has 7 rings (SSSR count). The molecule has 0 saturated carbocycles. The first kappa shape index (κ1) is 27.2. The first-order chi connectivity index (χ1) is 20.3. The maximum atomic E-state index is 14.2. The summed E-state index contributed by atoms with van der Waals surface area (Å²) in [4.78, 5) is 58.6. The highest BCUT2D eigenvalue weighted by molar-refractivity contribution is 9.12. The molecule has 2 amide bonds. The molecule has 42 heavy (non-hydrogen) atoms. The van der Waals surface area contributed by atoms with Gasteiger partial charge in [0.05, 0.1) is 16.3 Å². The highest BCUT2D eigenvalue weighted by atomic mass is 79.9. The first-order valence-corrected chi connectivity index (χ1v) is 15.4. The lowest BCUT2D eigenvalue weighted by Crippen LogP contribution is -2.47. The number of aromatic hydroxyl groups is 1. The number of fused-ring (bicyclic) bond motifs is 3. The third kappa shape index (κ3) is 4.43. The summed E-state index contributed by atoms with van der Waals surface area (Å²) in [6, 6.07) is 16.9. The van der Waals surface area contributed by atoms with Gasteiger partial charge >= 0.3 is 0 Å². The normalized spacial score (nSPS) is 28.4. The van der Waals surface area contributed by atoms with Crippen LogP contribution in [0, 0.1) is 17.8 Å². The number of carbonyl (C=O) groups is 4. The van der Waals surface area contributed by atoms with E-state index in [0.29, 0.717) is 23.1 Å². The Morgan fingerprint density at radius 2 is 1.67 bits per heavy atom. The number of piperidine rings is 1. The van der Waals surface area contributed by atoms with Gasteiger partial charge in [0.15, 0.2) is 11.6 Å². The number of rotatable bonds is 4. The summed E-state index contributed by atoms with van der Waals surface area (Å²) < 4.78 is 0.207. The van der Waals surface area contributed by atoms with Crippen LogP contribution in [-0.4, -0.2) is 57.4 Å². The number of hydrogen-bond donors (Lipinski definition) is 1. The molecule has 0 spiro atoms. The molecule has 2 aliphatic heterocycles. The lowest BCUT2D eigenvalue weighted by Gasteiger charge is -2.42. The van der Waals surface area contributed by atoms with Crippen LogP contribution in [-0.2, 0) is 25.7 Å². The van der Waals surface area contributed by atoms with Gasteiger partial charge in [-0.25, -0.2) is 0 Å². The predicted octanol–water partition coefficient (Wildman–Crippen LogP) is 4.82. The molecule has 8 heteroatoms. The van der Waals surface area contributed by atoms with Crippen molar-refractivity contribution in [3.05, 3.63) is 99.1 Å². The number of hydrogen-bond acceptors (Lipinski definition) is 6. The Bertz CT molecular complexity index is 1600. The zero-order valence-electron chi connectivity index (χ0n) is 23.0. The van der Waals surface area contributed by atoms with Crippen LogP contribution < -0.4 is 0 Å². The van der Waals surface area contributed by atoms with Crippen molar-refractivity contribution in [3.63, 3.8) is 0 Å². The minimum Gasteiger partial charge on any atom is -0.508 e. The summed E-state index contributed by atoms with van der Waals surface area (Å²) in [5, 5.41) is 10.3. The number of ketones is 2. The summed E-state index contributed by atoms with van der Waals surface area (Å²) in [6.07, 6.45) is 5.48. The molecule has 214 valence electrons. The number of Topliss-reactive ketones (excluding diaryl/α,β-unsaturated/α-hetero) is 1. The molecule has 2 aromatic rings. The van der Waals surface area contributed by atoms with Crippen LogP contribution in [0.1, 0.15) is 42.7 Å². The fraction of sp³-hybridized carbons (Fsp3) is 0.353. The van der Waals surface area contributed by atoms with Crippen molar-refractivity contribution >= 4 is 39.3 Å². The molecule has 3 aliphatic carbocycles. The highest BCUT2D eigenvalue weighted by Gasteiger charge is 2.57. The van der Waals surface area contributed by atoms with Crippen molar-refractivity contribution in [1.82, 2.24) is 9.80 Å². The maximum Gasteiger partial charge on any atom is 0.233 e. The summed E-state index contributed by atoms with van der Waals surface area (Å²) in [6.45, 7) is 2.47. The second-order valence-electron chi connectivity index (χ2n) is 12.0. The molecule has 5 aliphatic rings. The summed E-state index contributed by atoms with van der Waals surface area (Å²) in [7, 11) is 0. The molecule has 2 saturated heterocycles. The third-order valence-electron chi connectivity index (χ3n) is 9.74. The predicted molar refractivity (Wildman–Crippen MR) is 159 cm³/mol. The third-order valence-corrected chi connectivity index (χ3v) is 10.3. The second kappa shape index (κ2) is 10.6. The number of phenols is 1. The van der Waals surface area contributed by atoms with E-state index in [4.69, 9.17) is 0 Å². The Hall–Kier alpha value is -3.62. The molecule has 0 radical (unpaired) electrons. The topological polar surface area (TPSA) is 95.0 Å². The van der Waals surface area contributed by atoms with Gasteiger partial charge in [-0.15, -0.1) is 0 Å². The number of carbonyl (C=O) groups excluding carboxylic acids is 4. The van der Waals surface area contributed by atoms with Crippen molar-refractivity contribution in [1.29, 1.82) is 0 Å². The van der Waals surface area contributed by atoms with Gasteiger partial charge in [-0.2, -0.15) is 0 Å². The van der Waals surface area contributed by atoms with E-state index in [1.54, 1.807) is 23.1 Å². The molecule has 2 fully saturated rings. The average Bonchev–Trinajstić information content (AvgIpc) is 3.25. The largest absolute Gasteiger partial charge is 0.508 e. The summed E-state index contributed by atoms with van der Waals surface area (Å²) in [5.74, 6) is -2.65. The smallest absolute Gasteiger partial charge is 0.233 e. The fourth-order valence-electron chi connectivity index (χ4n) is 7.85. The number of phenolic OH excluding ortho intramolecular Hbond substituents is 1. The molecule has 2 heterocycles. The Kier molecular flexibility index (Phi) is 6.86. The fourth-order valence-corrected chi connectivity index (χ4v) is 8.30. The van der Waals surface area contributed by atoms with Gasteiger partial charge < -0.3 is 5.11 Å². The molecule has 1 N–H and O–H groups in total. The van der Waals surface area contributed by atoms with Crippen LogP contribution in [0.15, 0.2) is 88.0 Å². The molecule has 2 aromatic carbocycles.